The van der Waals surface area contributed by atoms with Crippen LogP contribution in [0.1, 0.15) is 0 Å². The molecular weight excluding hydrogens is 623 g/mol. The van der Waals surface area contributed by atoms with E-state index in [2.05, 4.69) is 193 Å². The Balaban J connectivity index is 1.10. The fourth-order valence-electron chi connectivity index (χ4n) is 7.53. The molecule has 0 bridgehead atoms. The lowest BCUT2D eigenvalue weighted by Gasteiger charge is -2.26. The summed E-state index contributed by atoms with van der Waals surface area (Å²) in [5, 5.41) is 10.3. The molecule has 2 heteroatoms. The Kier molecular flexibility index (Phi) is 6.75. The summed E-state index contributed by atoms with van der Waals surface area (Å²) in [6, 6.07) is 68.7. The van der Waals surface area contributed by atoms with Crippen LogP contribution in [0.15, 0.2) is 188 Å². The zero-order valence-corrected chi connectivity index (χ0v) is 28.1. The van der Waals surface area contributed by atoms with Gasteiger partial charge in [-0.1, -0.05) is 140 Å². The number of benzene rings is 9. The van der Waals surface area contributed by atoms with Gasteiger partial charge in [-0.25, -0.2) is 0 Å². The molecule has 0 aliphatic rings. The molecule has 0 unspecified atom stereocenters. The highest BCUT2D eigenvalue weighted by Gasteiger charge is 2.17. The molecule has 9 aromatic carbocycles. The molecule has 0 radical (unpaired) electrons. The number of thiophene rings is 1. The maximum atomic E-state index is 2.40. The Morgan fingerprint density at radius 3 is 1.74 bits per heavy atom. The van der Waals surface area contributed by atoms with Gasteiger partial charge in [-0.3, -0.25) is 0 Å². The van der Waals surface area contributed by atoms with Gasteiger partial charge in [0.1, 0.15) is 0 Å². The Morgan fingerprint density at radius 1 is 0.300 bits per heavy atom. The van der Waals surface area contributed by atoms with E-state index in [1.54, 1.807) is 0 Å². The number of fused-ring (bicyclic) bond motifs is 8. The summed E-state index contributed by atoms with van der Waals surface area (Å²) in [4.78, 5) is 2.40. The fourth-order valence-corrected chi connectivity index (χ4v) is 8.75. The molecule has 0 fully saturated rings. The number of rotatable bonds is 5. The molecule has 0 saturated heterocycles. The van der Waals surface area contributed by atoms with E-state index in [1.165, 1.54) is 74.7 Å². The van der Waals surface area contributed by atoms with Crippen LogP contribution in [0.3, 0.4) is 0 Å². The molecule has 0 atom stereocenters. The molecule has 10 rings (SSSR count). The van der Waals surface area contributed by atoms with E-state index in [1.807, 2.05) is 11.3 Å². The Labute approximate surface area is 294 Å². The highest BCUT2D eigenvalue weighted by Crippen LogP contribution is 2.43. The van der Waals surface area contributed by atoms with E-state index in [0.717, 1.165) is 17.1 Å². The molecule has 0 N–H and O–H groups in total. The van der Waals surface area contributed by atoms with Crippen LogP contribution in [-0.4, -0.2) is 0 Å². The van der Waals surface area contributed by atoms with Crippen molar-refractivity contribution in [3.8, 4) is 22.3 Å². The van der Waals surface area contributed by atoms with Gasteiger partial charge in [-0.05, 0) is 103 Å². The van der Waals surface area contributed by atoms with Crippen LogP contribution in [-0.2, 0) is 0 Å². The van der Waals surface area contributed by atoms with E-state index < -0.39 is 0 Å². The smallest absolute Gasteiger partial charge is 0.0468 e. The number of hydrogen-bond acceptors (Lipinski definition) is 2. The highest BCUT2D eigenvalue weighted by molar-refractivity contribution is 7.26. The van der Waals surface area contributed by atoms with Crippen molar-refractivity contribution in [2.45, 2.75) is 0 Å². The van der Waals surface area contributed by atoms with Crippen LogP contribution >= 0.6 is 11.3 Å². The molecule has 1 heterocycles. The molecule has 50 heavy (non-hydrogen) atoms. The van der Waals surface area contributed by atoms with E-state index in [4.69, 9.17) is 0 Å². The largest absolute Gasteiger partial charge is 0.310 e. The lowest BCUT2D eigenvalue weighted by atomic mass is 9.97. The maximum absolute atomic E-state index is 2.40. The standard InChI is InChI=1S/C48H31NS/c1-2-9-32(10-3-1)36-13-8-14-40(30-36)49(41-25-28-47-46(31-41)45-27-21-35-12-5-7-16-44(35)48(45)50-47)39-23-19-33(20-24-39)37-22-26-43-38(29-37)18-17-34-11-4-6-15-42(34)43/h1-31H. The van der Waals surface area contributed by atoms with E-state index >= 15 is 0 Å². The van der Waals surface area contributed by atoms with Crippen molar-refractivity contribution in [3.05, 3.63) is 188 Å². The highest BCUT2D eigenvalue weighted by atomic mass is 32.1. The van der Waals surface area contributed by atoms with Crippen LogP contribution in [0.5, 0.6) is 0 Å². The molecular formula is C48H31NS. The maximum Gasteiger partial charge on any atom is 0.0468 e. The van der Waals surface area contributed by atoms with Gasteiger partial charge in [0.05, 0.1) is 0 Å². The quantitative estimate of drug-likeness (QED) is 0.167. The van der Waals surface area contributed by atoms with Crippen molar-refractivity contribution < 1.29 is 0 Å². The minimum atomic E-state index is 1.12. The molecule has 0 spiro atoms. The second kappa shape index (κ2) is 11.7. The molecule has 234 valence electrons. The predicted octanol–water partition coefficient (Wildman–Crippen LogP) is 14.3. The summed E-state index contributed by atoms with van der Waals surface area (Å²) in [6.07, 6.45) is 0. The van der Waals surface area contributed by atoms with Crippen LogP contribution in [0, 0.1) is 0 Å². The second-order valence-corrected chi connectivity index (χ2v) is 14.0. The molecule has 0 amide bonds. The van der Waals surface area contributed by atoms with Crippen LogP contribution in [0.2, 0.25) is 0 Å². The van der Waals surface area contributed by atoms with Gasteiger partial charge in [0.2, 0.25) is 0 Å². The second-order valence-electron chi connectivity index (χ2n) is 13.0. The van der Waals surface area contributed by atoms with Crippen molar-refractivity contribution in [2.24, 2.45) is 0 Å². The van der Waals surface area contributed by atoms with Gasteiger partial charge < -0.3 is 4.90 Å². The van der Waals surface area contributed by atoms with Crippen molar-refractivity contribution >= 4 is 80.9 Å². The van der Waals surface area contributed by atoms with E-state index in [9.17, 15) is 0 Å². The first-order valence-corrected chi connectivity index (χ1v) is 17.9. The van der Waals surface area contributed by atoms with Crippen molar-refractivity contribution in [1.29, 1.82) is 0 Å². The average molecular weight is 654 g/mol. The van der Waals surface area contributed by atoms with Gasteiger partial charge in [0.25, 0.3) is 0 Å². The third-order valence-electron chi connectivity index (χ3n) is 10.0. The minimum absolute atomic E-state index is 1.12. The Hall–Kier alpha value is -6.22. The summed E-state index contributed by atoms with van der Waals surface area (Å²) < 4.78 is 2.65. The topological polar surface area (TPSA) is 3.24 Å². The molecule has 10 aromatic rings. The lowest BCUT2D eigenvalue weighted by molar-refractivity contribution is 1.29. The van der Waals surface area contributed by atoms with Gasteiger partial charge in [-0.15, -0.1) is 11.3 Å². The zero-order chi connectivity index (χ0) is 33.0. The summed E-state index contributed by atoms with van der Waals surface area (Å²) in [7, 11) is 0. The third kappa shape index (κ3) is 4.84. The fraction of sp³-hybridized carbons (Fsp3) is 0. The Bertz CT molecular complexity index is 2870. The first kappa shape index (κ1) is 28.8. The predicted molar refractivity (Wildman–Crippen MR) is 217 cm³/mol. The minimum Gasteiger partial charge on any atom is -0.310 e. The van der Waals surface area contributed by atoms with Crippen LogP contribution in [0.4, 0.5) is 17.1 Å². The lowest BCUT2D eigenvalue weighted by Crippen LogP contribution is -2.10. The summed E-state index contributed by atoms with van der Waals surface area (Å²) >= 11 is 1.89. The van der Waals surface area contributed by atoms with E-state index in [-0.39, 0.29) is 0 Å². The monoisotopic (exact) mass is 653 g/mol. The molecule has 1 nitrogen and oxygen atoms in total. The number of hydrogen-bond donors (Lipinski definition) is 0. The van der Waals surface area contributed by atoms with Gasteiger partial charge in [0, 0.05) is 37.2 Å². The van der Waals surface area contributed by atoms with Crippen molar-refractivity contribution in [2.75, 3.05) is 4.90 Å². The normalized spacial score (nSPS) is 11.6. The van der Waals surface area contributed by atoms with E-state index in [0.29, 0.717) is 0 Å². The van der Waals surface area contributed by atoms with Crippen molar-refractivity contribution in [1.82, 2.24) is 0 Å². The molecule has 0 aliphatic carbocycles. The molecule has 0 saturated carbocycles. The average Bonchev–Trinajstić information content (AvgIpc) is 3.57. The first-order valence-electron chi connectivity index (χ1n) is 17.1. The van der Waals surface area contributed by atoms with Gasteiger partial charge >= 0.3 is 0 Å². The summed E-state index contributed by atoms with van der Waals surface area (Å²) in [5.74, 6) is 0. The SMILES string of the molecule is c1ccc(-c2cccc(N(c3ccc(-c4ccc5c(ccc6ccccc65)c4)cc3)c3ccc4sc5c6ccccc6ccc5c4c3)c2)cc1. The third-order valence-corrected chi connectivity index (χ3v) is 11.2. The molecule has 0 aliphatic heterocycles. The van der Waals surface area contributed by atoms with Crippen molar-refractivity contribution in [3.63, 3.8) is 0 Å². The summed E-state index contributed by atoms with van der Waals surface area (Å²) in [5.41, 5.74) is 8.21. The first-order chi connectivity index (χ1) is 24.8. The van der Waals surface area contributed by atoms with Gasteiger partial charge in [-0.2, -0.15) is 0 Å². The Morgan fingerprint density at radius 2 is 0.880 bits per heavy atom. The van der Waals surface area contributed by atoms with Gasteiger partial charge in [0.15, 0.2) is 0 Å². The molecule has 1 aromatic heterocycles. The van der Waals surface area contributed by atoms with Crippen LogP contribution in [0.25, 0.3) is 74.7 Å². The number of anilines is 3. The summed E-state index contributed by atoms with van der Waals surface area (Å²) in [6.45, 7) is 0. The number of nitrogens with zero attached hydrogens (tertiary/aromatic N) is 1. The zero-order valence-electron chi connectivity index (χ0n) is 27.3. The van der Waals surface area contributed by atoms with Crippen LogP contribution < -0.4 is 4.90 Å².